The Hall–Kier alpha value is -0.602. The highest BCUT2D eigenvalue weighted by Crippen LogP contribution is 2.46. The first-order valence-electron chi connectivity index (χ1n) is 10.1. The molecule has 1 rings (SSSR count). The fraction of sp³-hybridized carbons (Fsp3) is 0.700. The molecule has 0 unspecified atom stereocenters. The van der Waals surface area contributed by atoms with E-state index in [2.05, 4.69) is 107 Å². The van der Waals surface area contributed by atoms with Gasteiger partial charge in [-0.3, -0.25) is 0 Å². The number of benzene rings is 1. The Morgan fingerprint density at radius 3 is 1.19 bits per heavy atom. The number of azide groups is 1. The summed E-state index contributed by atoms with van der Waals surface area (Å²) in [4.78, 5) is 3.31. The lowest BCUT2D eigenvalue weighted by Gasteiger charge is -2.42. The second-order valence-electron chi connectivity index (χ2n) is 12.3. The second kappa shape index (κ2) is 8.03. The fourth-order valence-electron chi connectivity index (χ4n) is 5.67. The van der Waals surface area contributed by atoms with Crippen molar-refractivity contribution in [2.75, 3.05) is 0 Å². The first kappa shape index (κ1) is 24.4. The first-order chi connectivity index (χ1) is 11.9. The summed E-state index contributed by atoms with van der Waals surface area (Å²) in [6.07, 6.45) is 0. The minimum absolute atomic E-state index is 0.578. The summed E-state index contributed by atoms with van der Waals surface area (Å²) < 4.78 is 0. The molecule has 0 N–H and O–H groups in total. The molecule has 0 saturated carbocycles. The van der Waals surface area contributed by atoms with Gasteiger partial charge in [-0.2, -0.15) is 0 Å². The molecule has 0 amide bonds. The summed E-state index contributed by atoms with van der Waals surface area (Å²) in [5.41, 5.74) is 13.1. The molecule has 0 bridgehead atoms. The Morgan fingerprint density at radius 1 is 0.667 bits per heavy atom. The Morgan fingerprint density at radius 2 is 0.963 bits per heavy atom. The average Bonchev–Trinajstić information content (AvgIpc) is 2.35. The van der Waals surface area contributed by atoms with Crippen LogP contribution >= 0.6 is 0 Å². The Bertz CT molecular complexity index is 634. The second-order valence-corrected chi connectivity index (χ2v) is 34.7. The van der Waals surface area contributed by atoms with Crippen LogP contribution < -0.4 is 0 Å². The highest BCUT2D eigenvalue weighted by Gasteiger charge is 2.43. The van der Waals surface area contributed by atoms with Gasteiger partial charge in [0.15, 0.2) is 0 Å². The third-order valence-electron chi connectivity index (χ3n) is 5.33. The van der Waals surface area contributed by atoms with Gasteiger partial charge in [-0.05, 0) is 27.0 Å². The van der Waals surface area contributed by atoms with Gasteiger partial charge >= 0.3 is 0 Å². The first-order valence-corrected chi connectivity index (χ1v) is 24.4. The molecule has 1 aromatic carbocycles. The maximum Gasteiger partial charge on any atom is 0.0493 e. The smallest absolute Gasteiger partial charge is 0.0493 e. The van der Waals surface area contributed by atoms with Crippen LogP contribution in [-0.2, 0) is 0 Å². The van der Waals surface area contributed by atoms with Crippen molar-refractivity contribution in [1.82, 2.24) is 0 Å². The quantitative estimate of drug-likeness (QED) is 0.179. The maximum absolute atomic E-state index is 9.45. The van der Waals surface area contributed by atoms with Crippen molar-refractivity contribution in [3.8, 4) is 0 Å². The van der Waals surface area contributed by atoms with Gasteiger partial charge in [0.2, 0.25) is 0 Å². The molecule has 7 heteroatoms. The van der Waals surface area contributed by atoms with Gasteiger partial charge in [-0.25, -0.2) is 0 Å². The van der Waals surface area contributed by atoms with Crippen molar-refractivity contribution in [3.05, 3.63) is 39.8 Å². The van der Waals surface area contributed by atoms with E-state index < -0.39 is 32.3 Å². The van der Waals surface area contributed by atoms with Crippen molar-refractivity contribution in [2.45, 2.75) is 88.9 Å². The molecule has 152 valence electrons. The predicted octanol–water partition coefficient (Wildman–Crippen LogP) is 8.31. The monoisotopic (exact) mass is 435 g/mol. The van der Waals surface area contributed by atoms with Crippen LogP contribution in [-0.4, -0.2) is 32.3 Å². The summed E-state index contributed by atoms with van der Waals surface area (Å²) >= 11 is 0. The third kappa shape index (κ3) is 5.94. The maximum atomic E-state index is 9.45. The molecular formula is C20H41N3Si4. The molecule has 0 aliphatic heterocycles. The van der Waals surface area contributed by atoms with E-state index in [0.29, 0.717) is 10.3 Å². The topological polar surface area (TPSA) is 48.8 Å². The highest BCUT2D eigenvalue weighted by molar-refractivity contribution is 6.97. The molecule has 0 atom stereocenters. The Labute approximate surface area is 171 Å². The summed E-state index contributed by atoms with van der Waals surface area (Å²) in [7, 11) is -5.89. The number of nitrogens with zero attached hydrogens (tertiary/aromatic N) is 3. The lowest BCUT2D eigenvalue weighted by Crippen LogP contribution is -2.48. The van der Waals surface area contributed by atoms with Gasteiger partial charge in [0.1, 0.15) is 0 Å². The molecule has 0 heterocycles. The zero-order chi connectivity index (χ0) is 21.4. The Balaban J connectivity index is 3.93. The van der Waals surface area contributed by atoms with Gasteiger partial charge in [0, 0.05) is 42.9 Å². The standard InChI is InChI=1S/C20H41N3Si4/c1-24(2,3)19(25(4,5)6)16-14-13-15-17(18(16)22-23-21)20(26(7,8)9)27(10,11)12/h13-15,19-20H,1-12H3. The number of hydrogen-bond donors (Lipinski definition) is 0. The molecule has 0 aliphatic carbocycles. The summed E-state index contributed by atoms with van der Waals surface area (Å²) in [6.45, 7) is 29.6. The van der Waals surface area contributed by atoms with Gasteiger partial charge in [0.05, 0.1) is 0 Å². The van der Waals surface area contributed by atoms with Gasteiger partial charge in [-0.15, -0.1) is 0 Å². The van der Waals surface area contributed by atoms with E-state index >= 15 is 0 Å². The van der Waals surface area contributed by atoms with Crippen LogP contribution in [0, 0.1) is 0 Å². The van der Waals surface area contributed by atoms with Crippen molar-refractivity contribution in [1.29, 1.82) is 0 Å². The van der Waals surface area contributed by atoms with Gasteiger partial charge < -0.3 is 0 Å². The van der Waals surface area contributed by atoms with Gasteiger partial charge in [0.25, 0.3) is 0 Å². The van der Waals surface area contributed by atoms with Crippen LogP contribution in [0.3, 0.4) is 0 Å². The molecule has 0 spiro atoms. The fourth-order valence-corrected chi connectivity index (χ4v) is 31.1. The lowest BCUT2D eigenvalue weighted by molar-refractivity contribution is 1.11. The predicted molar refractivity (Wildman–Crippen MR) is 134 cm³/mol. The Kier molecular flexibility index (Phi) is 7.26. The summed E-state index contributed by atoms with van der Waals surface area (Å²) in [5.74, 6) is 0. The molecule has 0 aromatic heterocycles. The normalized spacial score (nSPS) is 13.9. The van der Waals surface area contributed by atoms with Crippen molar-refractivity contribution < 1.29 is 0 Å². The van der Waals surface area contributed by atoms with E-state index in [4.69, 9.17) is 0 Å². The van der Waals surface area contributed by atoms with E-state index in [-0.39, 0.29) is 0 Å². The van der Waals surface area contributed by atoms with Crippen molar-refractivity contribution >= 4 is 38.0 Å². The van der Waals surface area contributed by atoms with Crippen LogP contribution in [0.4, 0.5) is 5.69 Å². The number of rotatable bonds is 7. The van der Waals surface area contributed by atoms with Crippen LogP contribution in [0.25, 0.3) is 10.4 Å². The molecule has 0 saturated heterocycles. The minimum atomic E-state index is -1.47. The van der Waals surface area contributed by atoms with Crippen LogP contribution in [0.1, 0.15) is 21.5 Å². The zero-order valence-corrected chi connectivity index (χ0v) is 23.7. The van der Waals surface area contributed by atoms with Crippen molar-refractivity contribution in [3.63, 3.8) is 0 Å². The largest absolute Gasteiger partial charge is 0.0693 e. The van der Waals surface area contributed by atoms with E-state index in [9.17, 15) is 5.53 Å². The van der Waals surface area contributed by atoms with Gasteiger partial charge in [-0.1, -0.05) is 102 Å². The zero-order valence-electron chi connectivity index (χ0n) is 19.7. The van der Waals surface area contributed by atoms with Crippen LogP contribution in [0.5, 0.6) is 0 Å². The van der Waals surface area contributed by atoms with E-state index in [1.54, 1.807) is 0 Å². The summed E-state index contributed by atoms with van der Waals surface area (Å²) in [5, 5.41) is 5.53. The van der Waals surface area contributed by atoms with E-state index in [1.165, 1.54) is 11.1 Å². The average molecular weight is 436 g/mol. The number of hydrogen-bond acceptors (Lipinski definition) is 1. The van der Waals surface area contributed by atoms with Crippen molar-refractivity contribution in [2.24, 2.45) is 5.11 Å². The van der Waals surface area contributed by atoms with E-state index in [0.717, 1.165) is 5.69 Å². The van der Waals surface area contributed by atoms with Crippen LogP contribution in [0.15, 0.2) is 23.3 Å². The minimum Gasteiger partial charge on any atom is -0.0693 e. The van der Waals surface area contributed by atoms with E-state index in [1.807, 2.05) is 0 Å². The SMILES string of the molecule is C[Si](C)(C)C(c1cccc(C([Si](C)(C)C)[Si](C)(C)C)c1N=[N+]=[N-])[Si](C)(C)C. The highest BCUT2D eigenvalue weighted by atomic mass is 28.4. The molecule has 1 aromatic rings. The van der Waals surface area contributed by atoms with Crippen LogP contribution in [0.2, 0.25) is 78.6 Å². The molecule has 0 radical (unpaired) electrons. The summed E-state index contributed by atoms with van der Waals surface area (Å²) in [6, 6.07) is 6.77. The molecule has 27 heavy (non-hydrogen) atoms. The lowest BCUT2D eigenvalue weighted by atomic mass is 10.1. The molecule has 0 aliphatic rings. The molecular weight excluding hydrogens is 395 g/mol. The molecule has 3 nitrogen and oxygen atoms in total. The molecule has 0 fully saturated rings. The third-order valence-corrected chi connectivity index (χ3v) is 23.9.